The van der Waals surface area contributed by atoms with Crippen LogP contribution in [0.3, 0.4) is 0 Å². The molecular formula is C24H29BrClN3O. The standard InChI is InChI=1S/C24H29BrClN3O/c1-17(14-18(2)22(25)8-11-27-3)16-29-12-9-19(10-13-29)21-7-6-20(15-23(21)26)24(30)28(4)5/h6-9,11,14-15H,2,10,12-13,16H2,1,3-5H3/b17-14+,22-8+,27-11?. The maximum Gasteiger partial charge on any atom is 0.253 e. The second-order valence-corrected chi connectivity index (χ2v) is 8.81. The summed E-state index contributed by atoms with van der Waals surface area (Å²) in [5.74, 6) is -0.0421. The van der Waals surface area contributed by atoms with E-state index in [9.17, 15) is 4.79 Å². The summed E-state index contributed by atoms with van der Waals surface area (Å²) in [4.78, 5) is 20.0. The second-order valence-electron chi connectivity index (χ2n) is 7.55. The third kappa shape index (κ3) is 6.79. The molecule has 0 aromatic heterocycles. The minimum atomic E-state index is -0.0421. The van der Waals surface area contributed by atoms with Crippen LogP contribution in [0.25, 0.3) is 5.57 Å². The fourth-order valence-corrected chi connectivity index (χ4v) is 3.81. The third-order valence-corrected chi connectivity index (χ3v) is 5.92. The summed E-state index contributed by atoms with van der Waals surface area (Å²) in [5, 5.41) is 0.627. The molecule has 0 N–H and O–H groups in total. The molecule has 1 aromatic carbocycles. The maximum absolute atomic E-state index is 12.1. The molecule has 30 heavy (non-hydrogen) atoms. The van der Waals surface area contributed by atoms with E-state index >= 15 is 0 Å². The number of carbonyl (C=O) groups is 1. The lowest BCUT2D eigenvalue weighted by molar-refractivity contribution is 0.0827. The molecule has 0 fully saturated rings. The van der Waals surface area contributed by atoms with Crippen molar-refractivity contribution >= 4 is 45.2 Å². The highest BCUT2D eigenvalue weighted by molar-refractivity contribution is 9.12. The van der Waals surface area contributed by atoms with Crippen molar-refractivity contribution in [3.63, 3.8) is 0 Å². The van der Waals surface area contributed by atoms with Crippen LogP contribution in [0, 0.1) is 0 Å². The first-order valence-corrected chi connectivity index (χ1v) is 11.0. The first-order valence-electron chi connectivity index (χ1n) is 9.80. The van der Waals surface area contributed by atoms with E-state index in [1.807, 2.05) is 18.2 Å². The first kappa shape index (κ1) is 24.3. The van der Waals surface area contributed by atoms with Crippen molar-refractivity contribution in [2.75, 3.05) is 40.8 Å². The van der Waals surface area contributed by atoms with Crippen molar-refractivity contribution in [2.24, 2.45) is 4.99 Å². The summed E-state index contributed by atoms with van der Waals surface area (Å²) >= 11 is 10.0. The molecule has 1 aromatic rings. The van der Waals surface area contributed by atoms with Crippen LogP contribution in [0.4, 0.5) is 0 Å². The first-order chi connectivity index (χ1) is 14.2. The van der Waals surface area contributed by atoms with E-state index < -0.39 is 0 Å². The lowest BCUT2D eigenvalue weighted by atomic mass is 9.97. The van der Waals surface area contributed by atoms with Gasteiger partial charge in [-0.05, 0) is 48.3 Å². The van der Waals surface area contributed by atoms with Crippen LogP contribution in [-0.4, -0.2) is 62.7 Å². The van der Waals surface area contributed by atoms with Crippen LogP contribution < -0.4 is 0 Å². The Morgan fingerprint density at radius 3 is 2.70 bits per heavy atom. The summed E-state index contributed by atoms with van der Waals surface area (Å²) < 4.78 is 0.930. The minimum Gasteiger partial charge on any atom is -0.345 e. The molecule has 1 aliphatic heterocycles. The molecule has 2 rings (SSSR count). The Hall–Kier alpha value is -1.95. The van der Waals surface area contributed by atoms with Crippen LogP contribution in [0.15, 0.2) is 63.6 Å². The number of aliphatic imine (C=N–C) groups is 1. The Morgan fingerprint density at radius 2 is 2.13 bits per heavy atom. The number of carbonyl (C=O) groups excluding carboxylic acids is 1. The molecule has 1 aliphatic rings. The Labute approximate surface area is 193 Å². The van der Waals surface area contributed by atoms with Crippen molar-refractivity contribution in [1.82, 2.24) is 9.80 Å². The number of hydrogen-bond donors (Lipinski definition) is 0. The van der Waals surface area contributed by atoms with Gasteiger partial charge in [0.2, 0.25) is 0 Å². The predicted molar refractivity (Wildman–Crippen MR) is 133 cm³/mol. The van der Waals surface area contributed by atoms with E-state index in [2.05, 4.69) is 51.5 Å². The van der Waals surface area contributed by atoms with Crippen molar-refractivity contribution in [3.8, 4) is 0 Å². The Bertz CT molecular complexity index is 928. The van der Waals surface area contributed by atoms with Crippen molar-refractivity contribution in [1.29, 1.82) is 0 Å². The van der Waals surface area contributed by atoms with Gasteiger partial charge in [0.1, 0.15) is 0 Å². The topological polar surface area (TPSA) is 35.9 Å². The molecule has 0 atom stereocenters. The summed E-state index contributed by atoms with van der Waals surface area (Å²) in [7, 11) is 5.22. The Kier molecular flexibility index (Phi) is 9.28. The number of hydrogen-bond acceptors (Lipinski definition) is 3. The molecule has 0 radical (unpaired) electrons. The monoisotopic (exact) mass is 489 g/mol. The number of halogens is 2. The Balaban J connectivity index is 2.02. The second kappa shape index (κ2) is 11.4. The average Bonchev–Trinajstić information content (AvgIpc) is 2.71. The predicted octanol–water partition coefficient (Wildman–Crippen LogP) is 5.61. The molecule has 0 unspecified atom stereocenters. The van der Waals surface area contributed by atoms with Gasteiger partial charge in [0, 0.05) is 62.1 Å². The minimum absolute atomic E-state index is 0.0421. The van der Waals surface area contributed by atoms with Crippen LogP contribution in [-0.2, 0) is 0 Å². The van der Waals surface area contributed by atoms with Crippen molar-refractivity contribution in [2.45, 2.75) is 13.3 Å². The molecular weight excluding hydrogens is 462 g/mol. The highest BCUT2D eigenvalue weighted by Gasteiger charge is 2.17. The molecule has 1 heterocycles. The SMILES string of the molecule is C=C(/C=C(\C)CN1CC=C(c2ccc(C(=O)N(C)C)cc2Cl)CC1)/C(Br)=C\C=NC. The van der Waals surface area contributed by atoms with Gasteiger partial charge in [0.05, 0.1) is 0 Å². The van der Waals surface area contributed by atoms with E-state index in [0.29, 0.717) is 10.6 Å². The summed E-state index contributed by atoms with van der Waals surface area (Å²) in [6, 6.07) is 5.57. The molecule has 4 nitrogen and oxygen atoms in total. The molecule has 0 bridgehead atoms. The zero-order chi connectivity index (χ0) is 22.3. The fraction of sp³-hybridized carbons (Fsp3) is 0.333. The van der Waals surface area contributed by atoms with E-state index in [1.54, 1.807) is 38.3 Å². The van der Waals surface area contributed by atoms with Crippen LogP contribution in [0.1, 0.15) is 29.3 Å². The van der Waals surface area contributed by atoms with Gasteiger partial charge in [-0.2, -0.15) is 0 Å². The normalized spacial score (nSPS) is 16.0. The van der Waals surface area contributed by atoms with Gasteiger partial charge < -0.3 is 4.90 Å². The number of benzene rings is 1. The van der Waals surface area contributed by atoms with Gasteiger partial charge in [-0.15, -0.1) is 0 Å². The lowest BCUT2D eigenvalue weighted by Crippen LogP contribution is -2.30. The number of allylic oxidation sites excluding steroid dienone is 4. The molecule has 0 spiro atoms. The molecule has 1 amide bonds. The molecule has 160 valence electrons. The van der Waals surface area contributed by atoms with Gasteiger partial charge in [0.15, 0.2) is 0 Å². The van der Waals surface area contributed by atoms with E-state index in [4.69, 9.17) is 11.6 Å². The largest absolute Gasteiger partial charge is 0.345 e. The van der Waals surface area contributed by atoms with Gasteiger partial charge in [-0.1, -0.05) is 57.9 Å². The van der Waals surface area contributed by atoms with Gasteiger partial charge in [-0.25, -0.2) is 0 Å². The fourth-order valence-electron chi connectivity index (χ4n) is 3.28. The quantitative estimate of drug-likeness (QED) is 0.368. The van der Waals surface area contributed by atoms with Gasteiger partial charge in [-0.3, -0.25) is 14.7 Å². The maximum atomic E-state index is 12.1. The highest BCUT2D eigenvalue weighted by Crippen LogP contribution is 2.30. The zero-order valence-electron chi connectivity index (χ0n) is 18.1. The van der Waals surface area contributed by atoms with E-state index in [0.717, 1.165) is 41.7 Å². The van der Waals surface area contributed by atoms with Crippen molar-refractivity contribution in [3.05, 3.63) is 74.8 Å². The lowest BCUT2D eigenvalue weighted by Gasteiger charge is -2.27. The molecule has 6 heteroatoms. The molecule has 0 aliphatic carbocycles. The zero-order valence-corrected chi connectivity index (χ0v) is 20.4. The van der Waals surface area contributed by atoms with Crippen LogP contribution in [0.5, 0.6) is 0 Å². The number of rotatable bonds is 7. The summed E-state index contributed by atoms with van der Waals surface area (Å²) in [6.45, 7) is 8.93. The molecule has 0 saturated heterocycles. The van der Waals surface area contributed by atoms with Crippen molar-refractivity contribution < 1.29 is 4.79 Å². The third-order valence-electron chi connectivity index (χ3n) is 4.83. The summed E-state index contributed by atoms with van der Waals surface area (Å²) in [5.41, 5.74) is 5.03. The van der Waals surface area contributed by atoms with Crippen LogP contribution in [0.2, 0.25) is 5.02 Å². The van der Waals surface area contributed by atoms with Gasteiger partial charge >= 0.3 is 0 Å². The van der Waals surface area contributed by atoms with Crippen LogP contribution >= 0.6 is 27.5 Å². The molecule has 0 saturated carbocycles. The number of amides is 1. The van der Waals surface area contributed by atoms with E-state index in [1.165, 1.54) is 11.1 Å². The number of nitrogens with zero attached hydrogens (tertiary/aromatic N) is 3. The smallest absolute Gasteiger partial charge is 0.253 e. The average molecular weight is 491 g/mol. The Morgan fingerprint density at radius 1 is 1.40 bits per heavy atom. The van der Waals surface area contributed by atoms with Gasteiger partial charge in [0.25, 0.3) is 5.91 Å². The highest BCUT2D eigenvalue weighted by atomic mass is 79.9. The summed E-state index contributed by atoms with van der Waals surface area (Å²) in [6.07, 6.45) is 8.88. The van der Waals surface area contributed by atoms with E-state index in [-0.39, 0.29) is 5.91 Å².